The molecule has 0 amide bonds. The first kappa shape index (κ1) is 22.5. The van der Waals surface area contributed by atoms with Crippen molar-refractivity contribution < 1.29 is 17.0 Å². The van der Waals surface area contributed by atoms with Crippen LogP contribution in [-0.2, 0) is 6.54 Å². The first-order valence-electron chi connectivity index (χ1n) is 9.87. The van der Waals surface area contributed by atoms with Gasteiger partial charge in [-0.05, 0) is 12.8 Å². The Labute approximate surface area is 150 Å². The van der Waals surface area contributed by atoms with Crippen molar-refractivity contribution in [3.05, 3.63) is 18.2 Å². The van der Waals surface area contributed by atoms with Crippen LogP contribution in [0.4, 0.5) is 0 Å². The molecule has 0 fully saturated rings. The van der Waals surface area contributed by atoms with Crippen molar-refractivity contribution in [2.75, 3.05) is 0 Å². The molecule has 1 heterocycles. The number of rotatable bonds is 15. The average Bonchev–Trinajstić information content (AvgIpc) is 2.93. The van der Waals surface area contributed by atoms with Gasteiger partial charge in [0.15, 0.2) is 0 Å². The number of aromatic nitrogens is 2. The van der Waals surface area contributed by atoms with Crippen LogP contribution in [0, 0.1) is 6.92 Å². The van der Waals surface area contributed by atoms with Crippen LogP contribution >= 0.6 is 0 Å². The lowest BCUT2D eigenvalue weighted by atomic mass is 10.0. The second-order valence-electron chi connectivity index (χ2n) is 6.92. The number of hydrogen-bond acceptors (Lipinski definition) is 0. The third-order valence-corrected chi connectivity index (χ3v) is 4.59. The van der Waals surface area contributed by atoms with E-state index < -0.39 is 0 Å². The molecule has 0 atom stereocenters. The van der Waals surface area contributed by atoms with Crippen LogP contribution in [0.25, 0.3) is 0 Å². The summed E-state index contributed by atoms with van der Waals surface area (Å²) >= 11 is 0. The standard InChI is InChI=1S/C20H38N2.ClH/c1-3-4-5-6-7-8-9-10-11-12-13-14-15-16-17-22-18-20(2)21-19-22;/h18-19H,3-17H2,1-2H3;1H. The van der Waals surface area contributed by atoms with E-state index in [9.17, 15) is 0 Å². The fraction of sp³-hybridized carbons (Fsp3) is 0.850. The molecular formula is C20H39ClN2. The second kappa shape index (κ2) is 16.4. The molecule has 1 rings (SSSR count). The number of imidazole rings is 1. The Kier molecular flexibility index (Phi) is 16.0. The number of aryl methyl sites for hydroxylation is 2. The maximum absolute atomic E-state index is 3.23. The molecule has 0 bridgehead atoms. The first-order valence-corrected chi connectivity index (χ1v) is 9.87. The van der Waals surface area contributed by atoms with Crippen molar-refractivity contribution >= 4 is 0 Å². The summed E-state index contributed by atoms with van der Waals surface area (Å²) in [6.07, 6.45) is 24.3. The van der Waals surface area contributed by atoms with E-state index >= 15 is 0 Å². The van der Waals surface area contributed by atoms with E-state index in [-0.39, 0.29) is 12.4 Å². The number of H-pyrrole nitrogens is 1. The number of hydrogen-bond donors (Lipinski definition) is 1. The molecule has 136 valence electrons. The van der Waals surface area contributed by atoms with Crippen LogP contribution in [0.1, 0.15) is 103 Å². The predicted molar refractivity (Wildman–Crippen MR) is 96.0 cm³/mol. The predicted octanol–water partition coefficient (Wildman–Crippen LogP) is 3.10. The van der Waals surface area contributed by atoms with E-state index in [1.807, 2.05) is 0 Å². The lowest BCUT2D eigenvalue weighted by Crippen LogP contribution is -3.00. The van der Waals surface area contributed by atoms with Crippen molar-refractivity contribution in [3.63, 3.8) is 0 Å². The van der Waals surface area contributed by atoms with Gasteiger partial charge in [-0.1, -0.05) is 84.0 Å². The van der Waals surface area contributed by atoms with E-state index in [2.05, 4.69) is 35.9 Å². The third-order valence-electron chi connectivity index (χ3n) is 4.59. The quantitative estimate of drug-likeness (QED) is 0.373. The highest BCUT2D eigenvalue weighted by Gasteiger charge is 2.00. The summed E-state index contributed by atoms with van der Waals surface area (Å²) in [5.74, 6) is 0. The van der Waals surface area contributed by atoms with Gasteiger partial charge in [0.1, 0.15) is 11.9 Å². The van der Waals surface area contributed by atoms with E-state index in [1.165, 1.54) is 102 Å². The van der Waals surface area contributed by atoms with Crippen LogP contribution < -0.4 is 17.0 Å². The van der Waals surface area contributed by atoms with E-state index in [0.29, 0.717) is 0 Å². The Hall–Kier alpha value is -0.500. The van der Waals surface area contributed by atoms with Crippen LogP contribution in [-0.4, -0.2) is 4.98 Å². The molecule has 1 aromatic rings. The summed E-state index contributed by atoms with van der Waals surface area (Å²) in [7, 11) is 0. The monoisotopic (exact) mass is 342 g/mol. The van der Waals surface area contributed by atoms with Gasteiger partial charge < -0.3 is 12.4 Å². The molecule has 0 aromatic carbocycles. The van der Waals surface area contributed by atoms with Gasteiger partial charge >= 0.3 is 0 Å². The van der Waals surface area contributed by atoms with Crippen molar-refractivity contribution in [1.82, 2.24) is 4.98 Å². The molecule has 3 heteroatoms. The molecule has 0 spiro atoms. The summed E-state index contributed by atoms with van der Waals surface area (Å²) < 4.78 is 2.27. The normalized spacial score (nSPS) is 10.7. The first-order chi connectivity index (χ1) is 10.8. The van der Waals surface area contributed by atoms with Crippen molar-refractivity contribution in [3.8, 4) is 0 Å². The lowest BCUT2D eigenvalue weighted by Gasteiger charge is -2.03. The summed E-state index contributed by atoms with van der Waals surface area (Å²) in [4.78, 5) is 3.23. The molecule has 0 unspecified atom stereocenters. The van der Waals surface area contributed by atoms with Gasteiger partial charge in [0.25, 0.3) is 0 Å². The second-order valence-corrected chi connectivity index (χ2v) is 6.92. The molecule has 0 aliphatic carbocycles. The van der Waals surface area contributed by atoms with Crippen molar-refractivity contribution in [1.29, 1.82) is 0 Å². The topological polar surface area (TPSA) is 19.7 Å². The number of nitrogens with zero attached hydrogens (tertiary/aromatic N) is 1. The molecule has 0 saturated carbocycles. The highest BCUT2D eigenvalue weighted by atomic mass is 35.5. The molecule has 23 heavy (non-hydrogen) atoms. The fourth-order valence-corrected chi connectivity index (χ4v) is 3.13. The van der Waals surface area contributed by atoms with Crippen LogP contribution in [0.2, 0.25) is 0 Å². The Morgan fingerprint density at radius 3 is 1.57 bits per heavy atom. The van der Waals surface area contributed by atoms with Gasteiger partial charge in [-0.2, -0.15) is 0 Å². The van der Waals surface area contributed by atoms with Crippen LogP contribution in [0.5, 0.6) is 0 Å². The average molecular weight is 343 g/mol. The van der Waals surface area contributed by atoms with Gasteiger partial charge in [0.2, 0.25) is 6.33 Å². The number of aromatic amines is 1. The molecule has 0 radical (unpaired) electrons. The number of unbranched alkanes of at least 4 members (excludes halogenated alkanes) is 13. The molecule has 0 saturated heterocycles. The number of nitrogens with one attached hydrogen (secondary N) is 1. The Morgan fingerprint density at radius 2 is 1.17 bits per heavy atom. The lowest BCUT2D eigenvalue weighted by molar-refractivity contribution is -0.696. The van der Waals surface area contributed by atoms with Gasteiger partial charge in [-0.3, -0.25) is 0 Å². The minimum Gasteiger partial charge on any atom is -1.00 e. The summed E-state index contributed by atoms with van der Waals surface area (Å²) in [6, 6.07) is 0. The summed E-state index contributed by atoms with van der Waals surface area (Å²) in [5, 5.41) is 0. The minimum absolute atomic E-state index is 0. The van der Waals surface area contributed by atoms with E-state index in [0.717, 1.165) is 0 Å². The SMILES string of the molecule is CCCCCCCCCCCCCCCC[n+]1c[nH]c(C)c1.[Cl-]. The highest BCUT2D eigenvalue weighted by molar-refractivity contribution is 4.82. The zero-order chi connectivity index (χ0) is 15.9. The smallest absolute Gasteiger partial charge is 0.241 e. The summed E-state index contributed by atoms with van der Waals surface area (Å²) in [5.41, 5.74) is 1.25. The molecule has 2 nitrogen and oxygen atoms in total. The van der Waals surface area contributed by atoms with Gasteiger partial charge in [0, 0.05) is 6.92 Å². The molecule has 0 aliphatic heterocycles. The Morgan fingerprint density at radius 1 is 0.739 bits per heavy atom. The Bertz CT molecular complexity index is 349. The highest BCUT2D eigenvalue weighted by Crippen LogP contribution is 2.12. The van der Waals surface area contributed by atoms with E-state index in [1.54, 1.807) is 0 Å². The largest absolute Gasteiger partial charge is 1.00 e. The maximum Gasteiger partial charge on any atom is 0.241 e. The molecule has 1 aromatic heterocycles. The van der Waals surface area contributed by atoms with Gasteiger partial charge in [-0.25, -0.2) is 9.55 Å². The van der Waals surface area contributed by atoms with Crippen molar-refractivity contribution in [2.24, 2.45) is 0 Å². The van der Waals surface area contributed by atoms with Crippen LogP contribution in [0.15, 0.2) is 12.5 Å². The van der Waals surface area contributed by atoms with Crippen LogP contribution in [0.3, 0.4) is 0 Å². The molecule has 0 aliphatic rings. The van der Waals surface area contributed by atoms with E-state index in [4.69, 9.17) is 0 Å². The van der Waals surface area contributed by atoms with Gasteiger partial charge in [0.05, 0.1) is 6.54 Å². The minimum atomic E-state index is 0. The van der Waals surface area contributed by atoms with Gasteiger partial charge in [-0.15, -0.1) is 0 Å². The summed E-state index contributed by atoms with van der Waals surface area (Å²) in [6.45, 7) is 5.57. The zero-order valence-corrected chi connectivity index (χ0v) is 16.3. The number of halogens is 1. The zero-order valence-electron chi connectivity index (χ0n) is 15.6. The van der Waals surface area contributed by atoms with Crippen molar-refractivity contribution in [2.45, 2.75) is 110 Å². The third kappa shape index (κ3) is 13.6. The molecular weight excluding hydrogens is 304 g/mol. The molecule has 1 N–H and O–H groups in total. The Balaban J connectivity index is 0.00000484. The maximum atomic E-state index is 3.23. The fourth-order valence-electron chi connectivity index (χ4n) is 3.13.